The van der Waals surface area contributed by atoms with Gasteiger partial charge in [-0.1, -0.05) is 12.1 Å². The third-order valence-corrected chi connectivity index (χ3v) is 3.57. The van der Waals surface area contributed by atoms with Crippen LogP contribution in [0, 0.1) is 3.57 Å². The van der Waals surface area contributed by atoms with E-state index in [0.717, 1.165) is 22.2 Å². The lowest BCUT2D eigenvalue weighted by Crippen LogP contribution is -2.33. The Morgan fingerprint density at radius 3 is 2.81 bits per heavy atom. The van der Waals surface area contributed by atoms with Crippen LogP contribution in [0.1, 0.15) is 12.8 Å². The number of nitrogens with zero attached hydrogens (tertiary/aromatic N) is 1. The van der Waals surface area contributed by atoms with Crippen LogP contribution < -0.4 is 4.74 Å². The lowest BCUT2D eigenvalue weighted by atomic mass is 10.3. The third kappa shape index (κ3) is 2.87. The molecule has 0 bridgehead atoms. The fraction of sp³-hybridized carbons (Fsp3) is 0.417. The van der Waals surface area contributed by atoms with Crippen LogP contribution >= 0.6 is 22.6 Å². The number of likely N-dealkylation sites (N-methyl/N-ethyl adjacent to an activating group) is 1. The molecule has 0 N–H and O–H groups in total. The van der Waals surface area contributed by atoms with Crippen molar-refractivity contribution in [3.63, 3.8) is 0 Å². The van der Waals surface area contributed by atoms with E-state index in [-0.39, 0.29) is 12.5 Å². The minimum atomic E-state index is 0.0575. The number of ether oxygens (including phenoxy) is 1. The maximum absolute atomic E-state index is 11.7. The number of hydrogen-bond donors (Lipinski definition) is 0. The average Bonchev–Trinajstić information content (AvgIpc) is 3.10. The summed E-state index contributed by atoms with van der Waals surface area (Å²) < 4.78 is 6.53. The summed E-state index contributed by atoms with van der Waals surface area (Å²) in [6, 6.07) is 8.15. The van der Waals surface area contributed by atoms with Crippen LogP contribution in [0.2, 0.25) is 0 Å². The maximum Gasteiger partial charge on any atom is 0.260 e. The second-order valence-electron chi connectivity index (χ2n) is 3.95. The van der Waals surface area contributed by atoms with E-state index < -0.39 is 0 Å². The second kappa shape index (κ2) is 5.03. The van der Waals surface area contributed by atoms with Gasteiger partial charge in [-0.15, -0.1) is 0 Å². The summed E-state index contributed by atoms with van der Waals surface area (Å²) in [6.07, 6.45) is 2.26. The number of rotatable bonds is 4. The molecule has 0 heterocycles. The highest BCUT2D eigenvalue weighted by Crippen LogP contribution is 2.25. The minimum absolute atomic E-state index is 0.0575. The molecule has 1 aliphatic rings. The maximum atomic E-state index is 11.7. The summed E-state index contributed by atoms with van der Waals surface area (Å²) >= 11 is 2.20. The molecule has 0 aromatic heterocycles. The number of carbonyl (C=O) groups excluding carboxylic acids is 1. The number of benzene rings is 1. The standard InChI is InChI=1S/C12H14INO2/c1-14(9-6-7-9)12(15)8-16-11-5-3-2-4-10(11)13/h2-5,9H,6-8H2,1H3. The molecule has 1 aliphatic carbocycles. The molecule has 4 heteroatoms. The van der Waals surface area contributed by atoms with Gasteiger partial charge in [-0.05, 0) is 47.6 Å². The highest BCUT2D eigenvalue weighted by atomic mass is 127. The zero-order valence-electron chi connectivity index (χ0n) is 9.15. The van der Waals surface area contributed by atoms with Crippen molar-refractivity contribution in [1.29, 1.82) is 0 Å². The summed E-state index contributed by atoms with van der Waals surface area (Å²) in [6.45, 7) is 0.132. The highest BCUT2D eigenvalue weighted by molar-refractivity contribution is 14.1. The summed E-state index contributed by atoms with van der Waals surface area (Å²) in [5, 5.41) is 0. The SMILES string of the molecule is CN(C(=O)COc1ccccc1I)C1CC1. The molecule has 2 rings (SSSR count). The number of para-hydroxylation sites is 1. The van der Waals surface area contributed by atoms with Gasteiger partial charge in [0.05, 0.1) is 3.57 Å². The Balaban J connectivity index is 1.87. The first-order valence-electron chi connectivity index (χ1n) is 5.31. The Bertz CT molecular complexity index is 390. The van der Waals surface area contributed by atoms with Gasteiger partial charge >= 0.3 is 0 Å². The third-order valence-electron chi connectivity index (χ3n) is 2.68. The molecule has 0 saturated heterocycles. The number of halogens is 1. The lowest BCUT2D eigenvalue weighted by Gasteiger charge is -2.16. The van der Waals surface area contributed by atoms with Gasteiger partial charge in [-0.2, -0.15) is 0 Å². The van der Waals surface area contributed by atoms with E-state index in [0.29, 0.717) is 6.04 Å². The van der Waals surface area contributed by atoms with E-state index in [4.69, 9.17) is 4.74 Å². The van der Waals surface area contributed by atoms with Crippen LogP contribution in [0.4, 0.5) is 0 Å². The number of hydrogen-bond acceptors (Lipinski definition) is 2. The summed E-state index contributed by atoms with van der Waals surface area (Å²) in [4.78, 5) is 13.5. The first-order valence-corrected chi connectivity index (χ1v) is 6.39. The Kier molecular flexibility index (Phi) is 3.68. The molecule has 0 atom stereocenters. The summed E-state index contributed by atoms with van der Waals surface area (Å²) in [5.41, 5.74) is 0. The largest absolute Gasteiger partial charge is 0.483 e. The van der Waals surface area contributed by atoms with Crippen LogP contribution in [0.5, 0.6) is 5.75 Å². The monoisotopic (exact) mass is 331 g/mol. The van der Waals surface area contributed by atoms with Crippen molar-refractivity contribution < 1.29 is 9.53 Å². The second-order valence-corrected chi connectivity index (χ2v) is 5.12. The van der Waals surface area contributed by atoms with Crippen LogP contribution in [0.15, 0.2) is 24.3 Å². The van der Waals surface area contributed by atoms with E-state index in [1.54, 1.807) is 4.90 Å². The molecule has 0 unspecified atom stereocenters. The van der Waals surface area contributed by atoms with Gasteiger partial charge in [0.25, 0.3) is 5.91 Å². The molecule has 0 spiro atoms. The van der Waals surface area contributed by atoms with Gasteiger partial charge in [-0.3, -0.25) is 4.79 Å². The van der Waals surface area contributed by atoms with Gasteiger partial charge < -0.3 is 9.64 Å². The van der Waals surface area contributed by atoms with Gasteiger partial charge in [0.15, 0.2) is 6.61 Å². The molecule has 1 amide bonds. The van der Waals surface area contributed by atoms with Crippen LogP contribution in [-0.2, 0) is 4.79 Å². The summed E-state index contributed by atoms with van der Waals surface area (Å²) in [7, 11) is 1.85. The highest BCUT2D eigenvalue weighted by Gasteiger charge is 2.29. The number of carbonyl (C=O) groups is 1. The zero-order chi connectivity index (χ0) is 11.5. The quantitative estimate of drug-likeness (QED) is 0.793. The van der Waals surface area contributed by atoms with Crippen molar-refractivity contribution in [1.82, 2.24) is 4.90 Å². The fourth-order valence-electron chi connectivity index (χ4n) is 1.47. The van der Waals surface area contributed by atoms with Gasteiger partial charge in [0.2, 0.25) is 0 Å². The molecular weight excluding hydrogens is 317 g/mol. The molecule has 1 aromatic carbocycles. The first-order chi connectivity index (χ1) is 7.68. The van der Waals surface area contributed by atoms with Gasteiger partial charge in [0.1, 0.15) is 5.75 Å². The lowest BCUT2D eigenvalue weighted by molar-refractivity contribution is -0.132. The van der Waals surface area contributed by atoms with Crippen molar-refractivity contribution in [3.8, 4) is 5.75 Å². The molecular formula is C12H14INO2. The molecule has 16 heavy (non-hydrogen) atoms. The summed E-state index contributed by atoms with van der Waals surface area (Å²) in [5.74, 6) is 0.836. The Hall–Kier alpha value is -0.780. The Morgan fingerprint density at radius 2 is 2.19 bits per heavy atom. The Labute approximate surface area is 109 Å². The van der Waals surface area contributed by atoms with Crippen molar-refractivity contribution in [2.45, 2.75) is 18.9 Å². The number of amides is 1. The predicted octanol–water partition coefficient (Wildman–Crippen LogP) is 2.29. The van der Waals surface area contributed by atoms with Crippen molar-refractivity contribution >= 4 is 28.5 Å². The van der Waals surface area contributed by atoms with E-state index in [2.05, 4.69) is 22.6 Å². The van der Waals surface area contributed by atoms with E-state index in [9.17, 15) is 4.79 Å². The van der Waals surface area contributed by atoms with E-state index >= 15 is 0 Å². The molecule has 3 nitrogen and oxygen atoms in total. The van der Waals surface area contributed by atoms with Crippen LogP contribution in [-0.4, -0.2) is 30.5 Å². The van der Waals surface area contributed by atoms with Crippen molar-refractivity contribution in [2.24, 2.45) is 0 Å². The molecule has 86 valence electrons. The topological polar surface area (TPSA) is 29.5 Å². The minimum Gasteiger partial charge on any atom is -0.483 e. The van der Waals surface area contributed by atoms with E-state index in [1.807, 2.05) is 31.3 Å². The molecule has 0 aliphatic heterocycles. The Morgan fingerprint density at radius 1 is 1.50 bits per heavy atom. The van der Waals surface area contributed by atoms with Crippen LogP contribution in [0.3, 0.4) is 0 Å². The van der Waals surface area contributed by atoms with Gasteiger partial charge in [0, 0.05) is 13.1 Å². The predicted molar refractivity (Wildman–Crippen MR) is 70.4 cm³/mol. The normalized spacial score (nSPS) is 14.6. The average molecular weight is 331 g/mol. The van der Waals surface area contributed by atoms with Gasteiger partial charge in [-0.25, -0.2) is 0 Å². The van der Waals surface area contributed by atoms with Crippen LogP contribution in [0.25, 0.3) is 0 Å². The first kappa shape index (κ1) is 11.7. The fourth-order valence-corrected chi connectivity index (χ4v) is 2.01. The molecule has 0 radical (unpaired) electrons. The van der Waals surface area contributed by atoms with E-state index in [1.165, 1.54) is 0 Å². The van der Waals surface area contributed by atoms with Crippen molar-refractivity contribution in [2.75, 3.05) is 13.7 Å². The smallest absolute Gasteiger partial charge is 0.260 e. The molecule has 1 saturated carbocycles. The molecule has 1 aromatic rings. The van der Waals surface area contributed by atoms with Crippen molar-refractivity contribution in [3.05, 3.63) is 27.8 Å². The molecule has 1 fully saturated rings. The zero-order valence-corrected chi connectivity index (χ0v) is 11.3.